The van der Waals surface area contributed by atoms with Gasteiger partial charge in [-0.05, 0) is 96.3 Å². The van der Waals surface area contributed by atoms with E-state index in [9.17, 15) is 19.0 Å². The van der Waals surface area contributed by atoms with Crippen molar-refractivity contribution < 1.29 is 46.8 Å². The lowest BCUT2D eigenvalue weighted by molar-refractivity contribution is -0.870. The van der Waals surface area contributed by atoms with Crippen LogP contribution in [0.3, 0.4) is 0 Å². The van der Waals surface area contributed by atoms with Crippen molar-refractivity contribution in [2.24, 2.45) is 0 Å². The Morgan fingerprint density at radius 1 is 0.587 bits per heavy atom. The van der Waals surface area contributed by atoms with E-state index in [2.05, 4.69) is 111 Å². The molecule has 0 bridgehead atoms. The lowest BCUT2D eigenvalue weighted by atomic mass is 10.1. The van der Waals surface area contributed by atoms with Gasteiger partial charge in [0.05, 0.1) is 40.0 Å². The first-order valence-electron chi connectivity index (χ1n) is 23.7. The van der Waals surface area contributed by atoms with Gasteiger partial charge in [0.1, 0.15) is 19.8 Å². The summed E-state index contributed by atoms with van der Waals surface area (Å²) in [6.07, 6.45) is 56.0. The van der Waals surface area contributed by atoms with E-state index in [0.29, 0.717) is 36.1 Å². The van der Waals surface area contributed by atoms with E-state index in [1.807, 2.05) is 33.3 Å². The number of nitrogens with zero attached hydrogens (tertiary/aromatic N) is 1. The normalized spacial score (nSPS) is 17.7. The standard InChI is InChI=1S/C52H84NO9P/c1-6-8-10-11-12-13-14-15-16-17-18-19-20-21-26-29-32-35-39-43-52(55)61-48(47-60-63(56,57)59-45-44-53(3,4)5)46-58-51(54)42-38-34-31-28-25-23-22-24-27-30-33-37-41-50-49(62-50)40-36-9-7-2/h9,12-13,15-16,18-19,21,23-27,31,33-34,36-37,48-50H,6-8,10-11,14,17,20,22,28-30,32,35,38-47H2,1-5H3/b13-12-,16-15-,19-18-,25-23-,26-21-,27-24-,34-31-,36-9-,37-33-/t48-,49?,50?/m1/s1. The molecule has 0 aromatic heterocycles. The molecule has 1 fully saturated rings. The summed E-state index contributed by atoms with van der Waals surface area (Å²) >= 11 is 0. The van der Waals surface area contributed by atoms with Crippen molar-refractivity contribution in [2.45, 2.75) is 161 Å². The molecule has 0 N–H and O–H groups in total. The van der Waals surface area contributed by atoms with E-state index in [0.717, 1.165) is 77.0 Å². The van der Waals surface area contributed by atoms with Gasteiger partial charge in [-0.1, -0.05) is 142 Å². The molecule has 3 unspecified atom stereocenters. The lowest BCUT2D eigenvalue weighted by Gasteiger charge is -2.28. The number of hydrogen-bond acceptors (Lipinski definition) is 9. The van der Waals surface area contributed by atoms with Crippen molar-refractivity contribution >= 4 is 19.8 Å². The topological polar surface area (TPSA) is 124 Å². The van der Waals surface area contributed by atoms with Gasteiger partial charge >= 0.3 is 11.9 Å². The van der Waals surface area contributed by atoms with Gasteiger partial charge in [-0.25, -0.2) is 0 Å². The molecule has 0 radical (unpaired) electrons. The van der Waals surface area contributed by atoms with Gasteiger partial charge < -0.3 is 32.6 Å². The fourth-order valence-electron chi connectivity index (χ4n) is 5.88. The Hall–Kier alpha value is -3.37. The minimum Gasteiger partial charge on any atom is -0.756 e. The number of carbonyl (C=O) groups is 2. The predicted octanol–water partition coefficient (Wildman–Crippen LogP) is 12.3. The third-order valence-corrected chi connectivity index (χ3v) is 10.7. The summed E-state index contributed by atoms with van der Waals surface area (Å²) in [5, 5.41) is 0. The van der Waals surface area contributed by atoms with Gasteiger partial charge in [-0.15, -0.1) is 0 Å². The van der Waals surface area contributed by atoms with E-state index in [-0.39, 0.29) is 26.1 Å². The largest absolute Gasteiger partial charge is 0.756 e. The van der Waals surface area contributed by atoms with Crippen LogP contribution in [0.25, 0.3) is 0 Å². The molecule has 0 aromatic rings. The number of unbranched alkanes of at least 4 members (excludes halogenated alkanes) is 6. The summed E-state index contributed by atoms with van der Waals surface area (Å²) in [6.45, 7) is 3.92. The Morgan fingerprint density at radius 3 is 1.60 bits per heavy atom. The van der Waals surface area contributed by atoms with Crippen molar-refractivity contribution in [3.05, 3.63) is 109 Å². The fraction of sp³-hybridized carbons (Fsp3) is 0.615. The highest BCUT2D eigenvalue weighted by Gasteiger charge is 2.36. The van der Waals surface area contributed by atoms with Crippen LogP contribution in [0.5, 0.6) is 0 Å². The van der Waals surface area contributed by atoms with E-state index < -0.39 is 32.5 Å². The van der Waals surface area contributed by atoms with Crippen molar-refractivity contribution in [2.75, 3.05) is 47.5 Å². The Balaban J connectivity index is 2.34. The molecule has 63 heavy (non-hydrogen) atoms. The number of hydrogen-bond donors (Lipinski definition) is 0. The SMILES string of the molecule is CC/C=C\CC1OC1C/C=C\C/C=C\C/C=C\C/C=C\CCC(=O)OC[C@H](COP(=O)([O-])OCC[N+](C)(C)C)OC(=O)CCCCC/C=C\C/C=C\C/C=C\C/C=C\CCCCC. The number of ether oxygens (including phenoxy) is 3. The molecule has 1 rings (SSSR count). The second-order valence-corrected chi connectivity index (χ2v) is 18.2. The average molecular weight is 898 g/mol. The first-order valence-corrected chi connectivity index (χ1v) is 25.2. The third-order valence-electron chi connectivity index (χ3n) is 9.69. The number of likely N-dealkylation sites (N-methyl/N-ethyl adjacent to an activating group) is 1. The van der Waals surface area contributed by atoms with Crippen molar-refractivity contribution in [3.63, 3.8) is 0 Å². The molecule has 0 amide bonds. The number of quaternary nitrogens is 1. The zero-order valence-electron chi connectivity index (χ0n) is 39.7. The summed E-state index contributed by atoms with van der Waals surface area (Å²) in [4.78, 5) is 37.6. The maximum absolute atomic E-state index is 12.7. The molecule has 10 nitrogen and oxygen atoms in total. The highest BCUT2D eigenvalue weighted by molar-refractivity contribution is 7.45. The van der Waals surface area contributed by atoms with Gasteiger partial charge in [-0.3, -0.25) is 14.2 Å². The number of epoxide rings is 1. The van der Waals surface area contributed by atoms with Crippen LogP contribution >= 0.6 is 7.82 Å². The summed E-state index contributed by atoms with van der Waals surface area (Å²) < 4.78 is 39.5. The van der Waals surface area contributed by atoms with E-state index >= 15 is 0 Å². The van der Waals surface area contributed by atoms with Crippen LogP contribution in [0.15, 0.2) is 109 Å². The molecule has 11 heteroatoms. The average Bonchev–Trinajstić information content (AvgIpc) is 3.99. The first-order chi connectivity index (χ1) is 30.5. The maximum atomic E-state index is 12.7. The number of phosphoric acid groups is 1. The quantitative estimate of drug-likeness (QED) is 0.0148. The second kappa shape index (κ2) is 39.0. The molecule has 0 saturated carbocycles. The van der Waals surface area contributed by atoms with E-state index in [1.54, 1.807) is 0 Å². The van der Waals surface area contributed by atoms with E-state index in [1.165, 1.54) is 25.7 Å². The summed E-state index contributed by atoms with van der Waals surface area (Å²) in [6, 6.07) is 0. The van der Waals surface area contributed by atoms with Crippen LogP contribution in [0.2, 0.25) is 0 Å². The van der Waals surface area contributed by atoms with E-state index in [4.69, 9.17) is 23.3 Å². The zero-order valence-corrected chi connectivity index (χ0v) is 40.6. The smallest absolute Gasteiger partial charge is 0.306 e. The van der Waals surface area contributed by atoms with Crippen LogP contribution < -0.4 is 4.89 Å². The fourth-order valence-corrected chi connectivity index (χ4v) is 6.61. The minimum absolute atomic E-state index is 0.0572. The molecule has 356 valence electrons. The van der Waals surface area contributed by atoms with Crippen LogP contribution in [-0.2, 0) is 37.4 Å². The second-order valence-electron chi connectivity index (χ2n) is 16.8. The molecule has 0 aromatic carbocycles. The van der Waals surface area contributed by atoms with Gasteiger partial charge in [0.15, 0.2) is 6.10 Å². The van der Waals surface area contributed by atoms with Crippen LogP contribution in [0.1, 0.15) is 142 Å². The molecular weight excluding hydrogens is 814 g/mol. The monoisotopic (exact) mass is 898 g/mol. The Morgan fingerprint density at radius 2 is 1.08 bits per heavy atom. The zero-order chi connectivity index (χ0) is 46.1. The molecule has 1 aliphatic rings. The van der Waals surface area contributed by atoms with Crippen LogP contribution in [0, 0.1) is 0 Å². The molecule has 0 spiro atoms. The molecule has 4 atom stereocenters. The summed E-state index contributed by atoms with van der Waals surface area (Å²) in [5.74, 6) is -0.985. The van der Waals surface area contributed by atoms with Gasteiger partial charge in [-0.2, -0.15) is 0 Å². The molecule has 0 aliphatic carbocycles. The Bertz CT molecular complexity index is 1500. The van der Waals surface area contributed by atoms with Gasteiger partial charge in [0, 0.05) is 12.8 Å². The van der Waals surface area contributed by atoms with Gasteiger partial charge in [0.25, 0.3) is 7.82 Å². The number of esters is 2. The molecule has 1 heterocycles. The predicted molar refractivity (Wildman–Crippen MR) is 258 cm³/mol. The number of rotatable bonds is 40. The summed E-state index contributed by atoms with van der Waals surface area (Å²) in [5.41, 5.74) is 0. The molecule has 1 aliphatic heterocycles. The van der Waals surface area contributed by atoms with Gasteiger partial charge in [0.2, 0.25) is 0 Å². The highest BCUT2D eigenvalue weighted by atomic mass is 31.2. The number of allylic oxidation sites excluding steroid dienone is 16. The lowest BCUT2D eigenvalue weighted by Crippen LogP contribution is -2.37. The first kappa shape index (κ1) is 57.6. The maximum Gasteiger partial charge on any atom is 0.306 e. The minimum atomic E-state index is -4.67. The number of phosphoric ester groups is 1. The van der Waals surface area contributed by atoms with Crippen molar-refractivity contribution in [3.8, 4) is 0 Å². The van der Waals surface area contributed by atoms with Crippen LogP contribution in [-0.4, -0.2) is 82.2 Å². The van der Waals surface area contributed by atoms with Crippen LogP contribution in [0.4, 0.5) is 0 Å². The summed E-state index contributed by atoms with van der Waals surface area (Å²) in [7, 11) is 1.08. The molecular formula is C52H84NO9P. The Kier molecular flexibility index (Phi) is 35.7. The van der Waals surface area contributed by atoms with Crippen molar-refractivity contribution in [1.82, 2.24) is 0 Å². The molecule has 1 saturated heterocycles. The Labute approximate surface area is 382 Å². The third kappa shape index (κ3) is 39.9. The number of carbonyl (C=O) groups excluding carboxylic acids is 2. The van der Waals surface area contributed by atoms with Crippen molar-refractivity contribution in [1.29, 1.82) is 0 Å². The highest BCUT2D eigenvalue weighted by Crippen LogP contribution is 2.38.